The summed E-state index contributed by atoms with van der Waals surface area (Å²) in [5.74, 6) is -0.357. The SMILES string of the molecule is CC(=O)c1csc(NC(=O)C(N)Cc2ccc(O)cc2)n1. The molecule has 1 amide bonds. The van der Waals surface area contributed by atoms with Crippen LogP contribution in [-0.2, 0) is 11.2 Å². The van der Waals surface area contributed by atoms with Crippen LogP contribution in [0.4, 0.5) is 5.13 Å². The van der Waals surface area contributed by atoms with Crippen LogP contribution in [0.5, 0.6) is 5.75 Å². The molecule has 0 bridgehead atoms. The van der Waals surface area contributed by atoms with Crippen LogP contribution in [0.3, 0.4) is 0 Å². The van der Waals surface area contributed by atoms with E-state index in [1.807, 2.05) is 0 Å². The Morgan fingerprint density at radius 1 is 1.38 bits per heavy atom. The van der Waals surface area contributed by atoms with Crippen LogP contribution < -0.4 is 11.1 Å². The molecular formula is C14H15N3O3S. The highest BCUT2D eigenvalue weighted by atomic mass is 32.1. The molecule has 1 heterocycles. The fourth-order valence-corrected chi connectivity index (χ4v) is 2.42. The second kappa shape index (κ2) is 6.47. The number of thiazole rings is 1. The first-order chi connectivity index (χ1) is 9.95. The molecule has 1 unspecified atom stereocenters. The van der Waals surface area contributed by atoms with E-state index in [1.165, 1.54) is 18.3 Å². The predicted molar refractivity (Wildman–Crippen MR) is 80.5 cm³/mol. The number of nitrogens with one attached hydrogen (secondary N) is 1. The summed E-state index contributed by atoms with van der Waals surface area (Å²) in [5, 5.41) is 13.7. The lowest BCUT2D eigenvalue weighted by molar-refractivity contribution is -0.117. The molecular weight excluding hydrogens is 290 g/mol. The number of carbonyl (C=O) groups excluding carboxylic acids is 2. The number of carbonyl (C=O) groups is 2. The van der Waals surface area contributed by atoms with E-state index in [-0.39, 0.29) is 17.4 Å². The van der Waals surface area contributed by atoms with E-state index >= 15 is 0 Å². The minimum absolute atomic E-state index is 0.153. The van der Waals surface area contributed by atoms with Gasteiger partial charge in [-0.25, -0.2) is 4.98 Å². The van der Waals surface area contributed by atoms with Crippen LogP contribution in [0.1, 0.15) is 23.0 Å². The predicted octanol–water partition coefficient (Wildman–Crippen LogP) is 1.56. The van der Waals surface area contributed by atoms with E-state index in [0.29, 0.717) is 17.2 Å². The third kappa shape index (κ3) is 4.11. The lowest BCUT2D eigenvalue weighted by Crippen LogP contribution is -2.37. The van der Waals surface area contributed by atoms with Crippen LogP contribution in [0, 0.1) is 0 Å². The van der Waals surface area contributed by atoms with E-state index < -0.39 is 6.04 Å². The van der Waals surface area contributed by atoms with Crippen LogP contribution >= 0.6 is 11.3 Å². The van der Waals surface area contributed by atoms with Gasteiger partial charge in [-0.15, -0.1) is 11.3 Å². The number of ketones is 1. The monoisotopic (exact) mass is 305 g/mol. The summed E-state index contributed by atoms with van der Waals surface area (Å²) in [5.41, 5.74) is 7.01. The molecule has 1 aromatic carbocycles. The minimum atomic E-state index is -0.737. The fourth-order valence-electron chi connectivity index (χ4n) is 1.67. The molecule has 7 heteroatoms. The Hall–Kier alpha value is -2.25. The molecule has 0 saturated carbocycles. The van der Waals surface area contributed by atoms with Crippen molar-refractivity contribution in [2.75, 3.05) is 5.32 Å². The standard InChI is InChI=1S/C14H15N3O3S/c1-8(18)12-7-21-14(16-12)17-13(20)11(15)6-9-2-4-10(19)5-3-9/h2-5,7,11,19H,6,15H2,1H3,(H,16,17,20). The first-order valence-corrected chi connectivity index (χ1v) is 7.14. The third-order valence-electron chi connectivity index (χ3n) is 2.82. The summed E-state index contributed by atoms with van der Waals surface area (Å²) in [4.78, 5) is 27.1. The number of phenols is 1. The van der Waals surface area contributed by atoms with Gasteiger partial charge < -0.3 is 16.2 Å². The van der Waals surface area contributed by atoms with Gasteiger partial charge in [0, 0.05) is 12.3 Å². The first-order valence-electron chi connectivity index (χ1n) is 6.26. The summed E-state index contributed by atoms with van der Waals surface area (Å²) in [6, 6.07) is 5.76. The lowest BCUT2D eigenvalue weighted by Gasteiger charge is -2.10. The number of hydrogen-bond donors (Lipinski definition) is 3. The quantitative estimate of drug-likeness (QED) is 0.727. The van der Waals surface area contributed by atoms with Crippen molar-refractivity contribution in [2.45, 2.75) is 19.4 Å². The number of phenolic OH excluding ortho intramolecular Hbond substituents is 1. The molecule has 1 atom stereocenters. The number of aromatic nitrogens is 1. The summed E-state index contributed by atoms with van der Waals surface area (Å²) in [7, 11) is 0. The fraction of sp³-hybridized carbons (Fsp3) is 0.214. The summed E-state index contributed by atoms with van der Waals surface area (Å²) in [6.45, 7) is 1.41. The van der Waals surface area contributed by atoms with Gasteiger partial charge in [0.15, 0.2) is 10.9 Å². The van der Waals surface area contributed by atoms with Gasteiger partial charge in [-0.2, -0.15) is 0 Å². The first kappa shape index (κ1) is 15.1. The molecule has 2 aromatic rings. The van der Waals surface area contributed by atoms with E-state index in [4.69, 9.17) is 5.73 Å². The molecule has 4 N–H and O–H groups in total. The Kier molecular flexibility index (Phi) is 4.66. The number of nitrogens with zero attached hydrogens (tertiary/aromatic N) is 1. The molecule has 6 nitrogen and oxygen atoms in total. The summed E-state index contributed by atoms with van der Waals surface area (Å²) in [6.07, 6.45) is 0.344. The maximum Gasteiger partial charge on any atom is 0.243 e. The number of nitrogens with two attached hydrogens (primary N) is 1. The molecule has 0 saturated heterocycles. The van der Waals surface area contributed by atoms with Crippen LogP contribution in [0.25, 0.3) is 0 Å². The van der Waals surface area contributed by atoms with E-state index in [1.54, 1.807) is 29.6 Å². The Morgan fingerprint density at radius 3 is 2.62 bits per heavy atom. The van der Waals surface area contributed by atoms with Gasteiger partial charge in [0.1, 0.15) is 11.4 Å². The number of aromatic hydroxyl groups is 1. The number of rotatable bonds is 5. The van der Waals surface area contributed by atoms with Gasteiger partial charge in [-0.1, -0.05) is 12.1 Å². The minimum Gasteiger partial charge on any atom is -0.508 e. The Labute approximate surface area is 125 Å². The van der Waals surface area contributed by atoms with Crippen molar-refractivity contribution in [1.82, 2.24) is 4.98 Å². The van der Waals surface area contributed by atoms with Crippen LogP contribution in [0.15, 0.2) is 29.6 Å². The number of hydrogen-bond acceptors (Lipinski definition) is 6. The molecule has 0 radical (unpaired) electrons. The zero-order chi connectivity index (χ0) is 15.4. The average Bonchev–Trinajstić information content (AvgIpc) is 2.90. The maximum atomic E-state index is 12.0. The highest BCUT2D eigenvalue weighted by Crippen LogP contribution is 2.16. The largest absolute Gasteiger partial charge is 0.508 e. The van der Waals surface area contributed by atoms with Crippen LogP contribution in [0.2, 0.25) is 0 Å². The van der Waals surface area contributed by atoms with E-state index in [0.717, 1.165) is 5.56 Å². The third-order valence-corrected chi connectivity index (χ3v) is 3.58. The molecule has 0 aliphatic heterocycles. The number of Topliss-reactive ketones (excluding diaryl/α,β-unsaturated/α-hetero) is 1. The van der Waals surface area contributed by atoms with Crippen molar-refractivity contribution in [3.63, 3.8) is 0 Å². The van der Waals surface area contributed by atoms with Gasteiger partial charge >= 0.3 is 0 Å². The second-order valence-electron chi connectivity index (χ2n) is 4.56. The van der Waals surface area contributed by atoms with Gasteiger partial charge in [-0.05, 0) is 24.1 Å². The highest BCUT2D eigenvalue weighted by molar-refractivity contribution is 7.14. The molecule has 110 valence electrons. The van der Waals surface area contributed by atoms with Gasteiger partial charge in [-0.3, -0.25) is 9.59 Å². The number of anilines is 1. The molecule has 0 aliphatic carbocycles. The van der Waals surface area contributed by atoms with E-state index in [2.05, 4.69) is 10.3 Å². The zero-order valence-electron chi connectivity index (χ0n) is 11.4. The molecule has 0 aliphatic rings. The van der Waals surface area contributed by atoms with E-state index in [9.17, 15) is 14.7 Å². The van der Waals surface area contributed by atoms with Crippen molar-refractivity contribution in [2.24, 2.45) is 5.73 Å². The smallest absolute Gasteiger partial charge is 0.243 e. The molecule has 1 aromatic heterocycles. The van der Waals surface area contributed by atoms with Crippen molar-refractivity contribution >= 4 is 28.2 Å². The van der Waals surface area contributed by atoms with Crippen molar-refractivity contribution in [1.29, 1.82) is 0 Å². The second-order valence-corrected chi connectivity index (χ2v) is 5.42. The van der Waals surface area contributed by atoms with Crippen molar-refractivity contribution in [3.8, 4) is 5.75 Å². The maximum absolute atomic E-state index is 12.0. The summed E-state index contributed by atoms with van der Waals surface area (Å²) >= 11 is 1.18. The summed E-state index contributed by atoms with van der Waals surface area (Å²) < 4.78 is 0. The molecule has 2 rings (SSSR count). The van der Waals surface area contributed by atoms with Crippen molar-refractivity contribution < 1.29 is 14.7 Å². The lowest BCUT2D eigenvalue weighted by atomic mass is 10.1. The zero-order valence-corrected chi connectivity index (χ0v) is 12.2. The average molecular weight is 305 g/mol. The van der Waals surface area contributed by atoms with Crippen LogP contribution in [-0.4, -0.2) is 27.8 Å². The van der Waals surface area contributed by atoms with Crippen molar-refractivity contribution in [3.05, 3.63) is 40.9 Å². The number of benzene rings is 1. The van der Waals surface area contributed by atoms with Gasteiger partial charge in [0.2, 0.25) is 5.91 Å². The Balaban J connectivity index is 1.95. The molecule has 0 fully saturated rings. The number of amides is 1. The Bertz CT molecular complexity index is 652. The Morgan fingerprint density at radius 2 is 2.05 bits per heavy atom. The molecule has 0 spiro atoms. The van der Waals surface area contributed by atoms with Gasteiger partial charge in [0.05, 0.1) is 6.04 Å². The van der Waals surface area contributed by atoms with Gasteiger partial charge in [0.25, 0.3) is 0 Å². The highest BCUT2D eigenvalue weighted by Gasteiger charge is 2.16. The topological polar surface area (TPSA) is 105 Å². The normalized spacial score (nSPS) is 11.9. The molecule has 21 heavy (non-hydrogen) atoms.